The van der Waals surface area contributed by atoms with Crippen LogP contribution in [-0.2, 0) is 23.1 Å². The summed E-state index contributed by atoms with van der Waals surface area (Å²) in [6.07, 6.45) is 8.07. The fourth-order valence-corrected chi connectivity index (χ4v) is 7.60. The van der Waals surface area contributed by atoms with Crippen molar-refractivity contribution in [3.63, 3.8) is 0 Å². The molecule has 0 bridgehead atoms. The number of likely N-dealkylation sites (tertiary alicyclic amines) is 1. The van der Waals surface area contributed by atoms with Crippen LogP contribution < -0.4 is 19.8 Å². The second-order valence-corrected chi connectivity index (χ2v) is 15.6. The van der Waals surface area contributed by atoms with E-state index in [0.29, 0.717) is 74.1 Å². The average Bonchev–Trinajstić information content (AvgIpc) is 3.19. The number of rotatable bonds is 15. The lowest BCUT2D eigenvalue weighted by molar-refractivity contribution is -0.159. The number of Topliss-reactive ketones (excluding diaryl/α,β-unsaturated/α-hetero) is 1. The van der Waals surface area contributed by atoms with Crippen molar-refractivity contribution in [2.75, 3.05) is 67.7 Å². The number of carbonyl (C=O) groups excluding carboxylic acids is 2. The molecule has 0 N–H and O–H groups in total. The van der Waals surface area contributed by atoms with Gasteiger partial charge in [0.15, 0.2) is 5.78 Å². The summed E-state index contributed by atoms with van der Waals surface area (Å²) in [5.41, 5.74) is 6.03. The minimum absolute atomic E-state index is 0.0860. The predicted molar refractivity (Wildman–Crippen MR) is 223 cm³/mol. The molecule has 0 atom stereocenters. The molecule has 1 aromatic heterocycles. The summed E-state index contributed by atoms with van der Waals surface area (Å²) in [5.74, 6) is 2.23. The van der Waals surface area contributed by atoms with Crippen LogP contribution in [0.1, 0.15) is 79.1 Å². The van der Waals surface area contributed by atoms with Gasteiger partial charge in [0.2, 0.25) is 5.91 Å². The van der Waals surface area contributed by atoms with Gasteiger partial charge >= 0.3 is 0 Å². The zero-order valence-corrected chi connectivity index (χ0v) is 34.8. The zero-order valence-electron chi connectivity index (χ0n) is 34.8. The van der Waals surface area contributed by atoms with Crippen molar-refractivity contribution in [2.45, 2.75) is 65.5 Å². The third-order valence-electron chi connectivity index (χ3n) is 11.3. The largest absolute Gasteiger partial charge is 0.496 e. The maximum atomic E-state index is 13.4. The molecule has 3 heterocycles. The van der Waals surface area contributed by atoms with Gasteiger partial charge in [0.1, 0.15) is 17.2 Å². The Morgan fingerprint density at radius 3 is 2.32 bits per heavy atom. The molecule has 1 amide bonds. The second kappa shape index (κ2) is 18.4. The van der Waals surface area contributed by atoms with Crippen molar-refractivity contribution in [1.29, 1.82) is 0 Å². The molecule has 0 radical (unpaired) electrons. The van der Waals surface area contributed by atoms with Crippen molar-refractivity contribution in [2.24, 2.45) is 13.0 Å². The van der Waals surface area contributed by atoms with E-state index in [4.69, 9.17) is 18.9 Å². The minimum Gasteiger partial charge on any atom is -0.496 e. The lowest BCUT2D eigenvalue weighted by atomic mass is 9.88. The van der Waals surface area contributed by atoms with Crippen molar-refractivity contribution < 1.29 is 28.5 Å². The predicted octanol–water partition coefficient (Wildman–Crippen LogP) is 6.83. The SMILES string of the molecule is C=Cc1c(/C=C(\C)N(C)C)c(-c2cc(OC)c(CN3CCC4(CC3)CN(C(=O)CCCOc3cccc(C(=O)C(C)C)c3C)CCO4)c(OC)c2)cn(C)c1=O. The summed E-state index contributed by atoms with van der Waals surface area (Å²) in [4.78, 5) is 45.5. The van der Waals surface area contributed by atoms with Crippen molar-refractivity contribution in [3.8, 4) is 28.4 Å². The van der Waals surface area contributed by atoms with Crippen molar-refractivity contribution in [1.82, 2.24) is 19.3 Å². The summed E-state index contributed by atoms with van der Waals surface area (Å²) < 4.78 is 26.0. The molecular weight excluding hydrogens is 709 g/mol. The van der Waals surface area contributed by atoms with Crippen LogP contribution in [0.4, 0.5) is 0 Å². The number of benzene rings is 2. The number of morpholine rings is 1. The first kappa shape index (κ1) is 42.3. The molecule has 2 fully saturated rings. The van der Waals surface area contributed by atoms with E-state index in [0.717, 1.165) is 59.4 Å². The Bertz CT molecular complexity index is 1980. The molecule has 11 heteroatoms. The van der Waals surface area contributed by atoms with Gasteiger partial charge in [0, 0.05) is 100 Å². The number of allylic oxidation sites excluding steroid dienone is 1. The molecule has 0 unspecified atom stereocenters. The minimum atomic E-state index is -0.375. The monoisotopic (exact) mass is 768 g/mol. The fraction of sp³-hybridized carbons (Fsp3) is 0.489. The Kier molecular flexibility index (Phi) is 13.9. The normalized spacial score (nSPS) is 15.9. The van der Waals surface area contributed by atoms with Gasteiger partial charge in [-0.05, 0) is 68.5 Å². The molecule has 3 aromatic rings. The van der Waals surface area contributed by atoms with Gasteiger partial charge in [-0.1, -0.05) is 38.6 Å². The smallest absolute Gasteiger partial charge is 0.258 e. The molecule has 0 aliphatic carbocycles. The summed E-state index contributed by atoms with van der Waals surface area (Å²) >= 11 is 0. The number of carbonyl (C=O) groups is 2. The Morgan fingerprint density at radius 1 is 1.04 bits per heavy atom. The molecule has 302 valence electrons. The molecule has 2 saturated heterocycles. The van der Waals surface area contributed by atoms with E-state index in [2.05, 4.69) is 11.5 Å². The average molecular weight is 769 g/mol. The number of hydrogen-bond donors (Lipinski definition) is 0. The van der Waals surface area contributed by atoms with Crippen LogP contribution in [0.25, 0.3) is 23.3 Å². The maximum Gasteiger partial charge on any atom is 0.258 e. The Morgan fingerprint density at radius 2 is 1.71 bits per heavy atom. The number of piperidine rings is 1. The van der Waals surface area contributed by atoms with Gasteiger partial charge in [-0.15, -0.1) is 0 Å². The number of hydrogen-bond acceptors (Lipinski definition) is 9. The highest BCUT2D eigenvalue weighted by atomic mass is 16.5. The van der Waals surface area contributed by atoms with E-state index < -0.39 is 0 Å². The van der Waals surface area contributed by atoms with Gasteiger partial charge in [-0.2, -0.15) is 0 Å². The molecule has 5 rings (SSSR count). The highest BCUT2D eigenvalue weighted by Crippen LogP contribution is 2.39. The van der Waals surface area contributed by atoms with E-state index >= 15 is 0 Å². The quantitative estimate of drug-likeness (QED) is 0.122. The lowest BCUT2D eigenvalue weighted by Crippen LogP contribution is -2.57. The van der Waals surface area contributed by atoms with Gasteiger partial charge < -0.3 is 33.3 Å². The molecule has 1 spiro atoms. The van der Waals surface area contributed by atoms with Crippen molar-refractivity contribution in [3.05, 3.63) is 87.0 Å². The van der Waals surface area contributed by atoms with Gasteiger partial charge in [-0.25, -0.2) is 0 Å². The van der Waals surface area contributed by atoms with Crippen LogP contribution in [0.5, 0.6) is 17.2 Å². The summed E-state index contributed by atoms with van der Waals surface area (Å²) in [7, 11) is 9.03. The number of methoxy groups -OCH3 is 2. The molecule has 2 aliphatic rings. The third-order valence-corrected chi connectivity index (χ3v) is 11.3. The Hall–Kier alpha value is -4.87. The maximum absolute atomic E-state index is 13.4. The van der Waals surface area contributed by atoms with Crippen LogP contribution in [0.3, 0.4) is 0 Å². The summed E-state index contributed by atoms with van der Waals surface area (Å²) in [5, 5.41) is 0. The number of amides is 1. The molecule has 2 aromatic carbocycles. The fourth-order valence-electron chi connectivity index (χ4n) is 7.60. The van der Waals surface area contributed by atoms with Crippen molar-refractivity contribution >= 4 is 23.8 Å². The highest BCUT2D eigenvalue weighted by molar-refractivity contribution is 5.99. The highest BCUT2D eigenvalue weighted by Gasteiger charge is 2.41. The molecule has 2 aliphatic heterocycles. The topological polar surface area (TPSA) is 103 Å². The summed E-state index contributed by atoms with van der Waals surface area (Å²) in [6.45, 7) is 16.0. The first-order valence-electron chi connectivity index (χ1n) is 19.6. The van der Waals surface area contributed by atoms with Crippen LogP contribution in [0, 0.1) is 12.8 Å². The Labute approximate surface area is 332 Å². The molecule has 11 nitrogen and oxygen atoms in total. The summed E-state index contributed by atoms with van der Waals surface area (Å²) in [6, 6.07) is 9.61. The zero-order chi connectivity index (χ0) is 40.7. The van der Waals surface area contributed by atoms with Crippen LogP contribution in [0.15, 0.2) is 53.6 Å². The number of aryl methyl sites for hydroxylation is 1. The Balaban J connectivity index is 1.23. The standard InChI is InChI=1S/C45H60N4O7/c1-11-34-36(24-31(4)46(6)7)37(27-47(8)44(34)52)33-25-40(53-9)38(41(26-33)54-10)28-48-19-17-45(18-20-48)29-49(21-23-56-45)42(50)16-13-22-55-39-15-12-14-35(32(39)5)43(51)30(2)3/h11-12,14-15,24-27,30H,1,13,16-23,28-29H2,2-10H3/b31-24+. The van der Waals surface area contributed by atoms with E-state index in [9.17, 15) is 14.4 Å². The number of nitrogens with zero attached hydrogens (tertiary/aromatic N) is 4. The van der Waals surface area contributed by atoms with E-state index in [1.165, 1.54) is 0 Å². The van der Waals surface area contributed by atoms with E-state index in [-0.39, 0.29) is 28.8 Å². The second-order valence-electron chi connectivity index (χ2n) is 15.6. The van der Waals surface area contributed by atoms with Crippen LogP contribution in [-0.4, -0.2) is 104 Å². The van der Waals surface area contributed by atoms with Gasteiger partial charge in [0.05, 0.1) is 38.6 Å². The molecule has 56 heavy (non-hydrogen) atoms. The molecular formula is C45H60N4O7. The van der Waals surface area contributed by atoms with E-state index in [1.807, 2.05) is 94.2 Å². The van der Waals surface area contributed by atoms with Crippen LogP contribution in [0.2, 0.25) is 0 Å². The van der Waals surface area contributed by atoms with Crippen LogP contribution >= 0.6 is 0 Å². The first-order chi connectivity index (χ1) is 26.7. The third kappa shape index (κ3) is 9.38. The van der Waals surface area contributed by atoms with E-state index in [1.54, 1.807) is 31.9 Å². The number of ether oxygens (including phenoxy) is 4. The number of pyridine rings is 1. The van der Waals surface area contributed by atoms with Gasteiger partial charge in [-0.3, -0.25) is 19.3 Å². The lowest BCUT2D eigenvalue weighted by Gasteiger charge is -2.47. The molecule has 0 saturated carbocycles. The first-order valence-corrected chi connectivity index (χ1v) is 19.6. The van der Waals surface area contributed by atoms with Gasteiger partial charge in [0.25, 0.3) is 5.56 Å². The number of ketones is 1. The number of aromatic nitrogens is 1.